The summed E-state index contributed by atoms with van der Waals surface area (Å²) in [5, 5.41) is 15.3. The molecule has 7 nitrogen and oxygen atoms in total. The maximum atomic E-state index is 4.89. The van der Waals surface area contributed by atoms with E-state index in [9.17, 15) is 0 Å². The third-order valence-corrected chi connectivity index (χ3v) is 5.82. The molecule has 3 aromatic heterocycles. The van der Waals surface area contributed by atoms with E-state index in [1.54, 1.807) is 0 Å². The molecule has 0 amide bonds. The van der Waals surface area contributed by atoms with Crippen LogP contribution in [0.3, 0.4) is 0 Å². The Balaban J connectivity index is 0.000000583. The molecule has 0 saturated heterocycles. The fraction of sp³-hybridized carbons (Fsp3) is 0.500. The van der Waals surface area contributed by atoms with E-state index >= 15 is 0 Å². The number of pyridine rings is 2. The van der Waals surface area contributed by atoms with Crippen molar-refractivity contribution >= 4 is 28.4 Å². The predicted molar refractivity (Wildman–Crippen MR) is 139 cm³/mol. The zero-order valence-electron chi connectivity index (χ0n) is 20.5. The lowest BCUT2D eigenvalue weighted by Crippen LogP contribution is -2.23. The van der Waals surface area contributed by atoms with Gasteiger partial charge in [-0.1, -0.05) is 33.6 Å². The quantitative estimate of drug-likeness (QED) is 0.257. The summed E-state index contributed by atoms with van der Waals surface area (Å²) in [5.41, 5.74) is 1.94. The lowest BCUT2D eigenvalue weighted by molar-refractivity contribution is 0.476. The Morgan fingerprint density at radius 1 is 1.15 bits per heavy atom. The summed E-state index contributed by atoms with van der Waals surface area (Å²) < 4.78 is 0. The third kappa shape index (κ3) is 7.76. The molecule has 33 heavy (non-hydrogen) atoms. The number of hydrogen-bond acceptors (Lipinski definition) is 6. The van der Waals surface area contributed by atoms with E-state index in [0.717, 1.165) is 58.7 Å². The second-order valence-electron chi connectivity index (χ2n) is 9.04. The lowest BCUT2D eigenvalue weighted by Gasteiger charge is -2.22. The largest absolute Gasteiger partial charge is 0.367 e. The number of unbranched alkanes of at least 4 members (excludes halogenated alkanes) is 1. The van der Waals surface area contributed by atoms with Crippen LogP contribution in [0.2, 0.25) is 0 Å². The Bertz CT molecular complexity index is 1020. The number of nitrogens with zero attached hydrogens (tertiary/aromatic N) is 3. The van der Waals surface area contributed by atoms with Crippen LogP contribution in [0.1, 0.15) is 65.0 Å². The molecule has 3 heterocycles. The van der Waals surface area contributed by atoms with Crippen LogP contribution in [0, 0.1) is 31.1 Å². The predicted octanol–water partition coefficient (Wildman–Crippen LogP) is 6.61. The van der Waals surface area contributed by atoms with Crippen molar-refractivity contribution in [3.05, 3.63) is 36.2 Å². The van der Waals surface area contributed by atoms with Gasteiger partial charge < -0.3 is 16.8 Å². The summed E-state index contributed by atoms with van der Waals surface area (Å²) in [5.74, 6) is 6.42. The maximum Gasteiger partial charge on any atom is 0.153 e. The smallest absolute Gasteiger partial charge is 0.153 e. The highest BCUT2D eigenvalue weighted by atomic mass is 15.2. The number of H-pyrrole nitrogens is 1. The molecule has 0 bridgehead atoms. The zero-order chi connectivity index (χ0) is 22.9. The highest BCUT2D eigenvalue weighted by Crippen LogP contribution is 2.31. The molecular weight excluding hydrogens is 410 g/mol. The van der Waals surface area contributed by atoms with Gasteiger partial charge >= 0.3 is 0 Å². The third-order valence-electron chi connectivity index (χ3n) is 5.82. The Morgan fingerprint density at radius 3 is 2.45 bits per heavy atom. The molecule has 4 rings (SSSR count). The summed E-state index contributed by atoms with van der Waals surface area (Å²) in [6.45, 7) is 8.77. The molecule has 6 N–H and O–H groups in total. The molecule has 0 radical (unpaired) electrons. The van der Waals surface area contributed by atoms with Gasteiger partial charge in [-0.2, -0.15) is 5.10 Å². The minimum Gasteiger partial charge on any atom is -0.367 e. The fourth-order valence-electron chi connectivity index (χ4n) is 4.19. The van der Waals surface area contributed by atoms with Crippen LogP contribution >= 0.6 is 0 Å². The average Bonchev–Trinajstić information content (AvgIpc) is 3.10. The van der Waals surface area contributed by atoms with Gasteiger partial charge in [0.2, 0.25) is 0 Å². The van der Waals surface area contributed by atoms with E-state index in [2.05, 4.69) is 58.6 Å². The maximum absolute atomic E-state index is 4.89. The van der Waals surface area contributed by atoms with E-state index in [-0.39, 0.29) is 6.15 Å². The van der Waals surface area contributed by atoms with Gasteiger partial charge in [-0.25, -0.2) is 4.98 Å². The van der Waals surface area contributed by atoms with E-state index in [1.165, 1.54) is 25.7 Å². The Kier molecular flexibility index (Phi) is 10.1. The molecule has 1 aliphatic carbocycles. The first-order chi connectivity index (χ1) is 15.5. The summed E-state index contributed by atoms with van der Waals surface area (Å²) in [7, 11) is 0. The number of anilines is 3. The van der Waals surface area contributed by atoms with E-state index < -0.39 is 0 Å². The van der Waals surface area contributed by atoms with Gasteiger partial charge in [-0.3, -0.25) is 10.1 Å². The van der Waals surface area contributed by atoms with Crippen LogP contribution in [-0.2, 0) is 0 Å². The van der Waals surface area contributed by atoms with Crippen molar-refractivity contribution in [3.63, 3.8) is 0 Å². The number of nitrogens with one attached hydrogen (secondary N) is 3. The van der Waals surface area contributed by atoms with Crippen LogP contribution in [0.25, 0.3) is 10.9 Å². The van der Waals surface area contributed by atoms with Crippen LogP contribution in [0.4, 0.5) is 17.5 Å². The molecule has 178 valence electrons. The number of aromatic amines is 1. The van der Waals surface area contributed by atoms with Gasteiger partial charge in [0.25, 0.3) is 0 Å². The van der Waals surface area contributed by atoms with Gasteiger partial charge in [0.15, 0.2) is 5.82 Å². The van der Waals surface area contributed by atoms with Crippen molar-refractivity contribution < 1.29 is 0 Å². The average molecular weight is 450 g/mol. The number of rotatable bonds is 5. The second-order valence-corrected chi connectivity index (χ2v) is 9.04. The standard InChI is InChI=1S/C21H28N6.C5H8.H3N/c1-13-6-7-14(2)10-16(9-13)23-21-17-5-4-8-22-18(17)12-19(25-21)24-20-11-15(3)26-27-20;1-3-5-4-2;/h4-5,8,11-14,16H,6-7,9-10H2,1-3H3,(H3,23,24,25,26,27);1H,4-5H2,2H3;1H3/t13-,14+,16?;;. The van der Waals surface area contributed by atoms with Gasteiger partial charge in [-0.15, -0.1) is 12.3 Å². The molecule has 1 saturated carbocycles. The molecule has 0 spiro atoms. The highest BCUT2D eigenvalue weighted by Gasteiger charge is 2.22. The summed E-state index contributed by atoms with van der Waals surface area (Å²) >= 11 is 0. The zero-order valence-corrected chi connectivity index (χ0v) is 20.5. The van der Waals surface area contributed by atoms with Crippen molar-refractivity contribution in [2.45, 2.75) is 72.3 Å². The monoisotopic (exact) mass is 449 g/mol. The van der Waals surface area contributed by atoms with Crippen molar-refractivity contribution in [3.8, 4) is 12.3 Å². The Morgan fingerprint density at radius 2 is 1.88 bits per heavy atom. The highest BCUT2D eigenvalue weighted by molar-refractivity contribution is 5.91. The molecule has 1 fully saturated rings. The van der Waals surface area contributed by atoms with Crippen molar-refractivity contribution in [2.75, 3.05) is 10.6 Å². The van der Waals surface area contributed by atoms with E-state index in [1.807, 2.05) is 31.3 Å². The Hall–Kier alpha value is -3.11. The number of aryl methyl sites for hydroxylation is 1. The van der Waals surface area contributed by atoms with Gasteiger partial charge in [0.1, 0.15) is 11.6 Å². The topological polar surface area (TPSA) is 114 Å². The number of fused-ring (bicyclic) bond motifs is 1. The number of aromatic nitrogens is 4. The van der Waals surface area contributed by atoms with Gasteiger partial charge in [-0.05, 0) is 50.2 Å². The summed E-state index contributed by atoms with van der Waals surface area (Å²) in [6.07, 6.45) is 13.7. The normalized spacial score (nSPS) is 19.9. The summed E-state index contributed by atoms with van der Waals surface area (Å²) in [4.78, 5) is 9.41. The molecular formula is C26H39N7. The van der Waals surface area contributed by atoms with Crippen LogP contribution < -0.4 is 16.8 Å². The minimum absolute atomic E-state index is 0. The molecule has 3 atom stereocenters. The Labute approximate surface area is 198 Å². The van der Waals surface area contributed by atoms with Crippen molar-refractivity contribution in [1.82, 2.24) is 26.3 Å². The molecule has 1 aliphatic rings. The van der Waals surface area contributed by atoms with Gasteiger partial charge in [0, 0.05) is 41.9 Å². The second kappa shape index (κ2) is 12.8. The molecule has 7 heteroatoms. The van der Waals surface area contributed by atoms with Crippen molar-refractivity contribution in [1.29, 1.82) is 0 Å². The van der Waals surface area contributed by atoms with Gasteiger partial charge in [0.05, 0.1) is 5.52 Å². The molecule has 3 aromatic rings. The van der Waals surface area contributed by atoms with E-state index in [0.29, 0.717) is 6.04 Å². The van der Waals surface area contributed by atoms with Crippen LogP contribution in [0.5, 0.6) is 0 Å². The van der Waals surface area contributed by atoms with Crippen LogP contribution in [-0.4, -0.2) is 26.2 Å². The van der Waals surface area contributed by atoms with Crippen LogP contribution in [0.15, 0.2) is 30.5 Å². The SMILES string of the molecule is C#CCCC.Cc1cc(Nc2cc3ncccc3c(NC3C[C@H](C)CC[C@H](C)C3)n2)n[nH]1.N. The lowest BCUT2D eigenvalue weighted by atomic mass is 10.00. The molecule has 0 aromatic carbocycles. The minimum atomic E-state index is 0. The number of terminal acetylenes is 1. The first kappa shape index (κ1) is 26.1. The first-order valence-corrected chi connectivity index (χ1v) is 11.7. The van der Waals surface area contributed by atoms with E-state index in [4.69, 9.17) is 11.4 Å². The summed E-state index contributed by atoms with van der Waals surface area (Å²) in [6, 6.07) is 8.44. The fourth-order valence-corrected chi connectivity index (χ4v) is 4.19. The number of hydrogen-bond donors (Lipinski definition) is 4. The van der Waals surface area contributed by atoms with Crippen molar-refractivity contribution in [2.24, 2.45) is 11.8 Å². The molecule has 0 aliphatic heterocycles. The molecule has 1 unspecified atom stereocenters. The first-order valence-electron chi connectivity index (χ1n) is 11.7.